The van der Waals surface area contributed by atoms with Gasteiger partial charge in [0.2, 0.25) is 0 Å². The first-order valence-corrected chi connectivity index (χ1v) is 10.5. The van der Waals surface area contributed by atoms with Crippen LogP contribution in [0.1, 0.15) is 37.3 Å². The standard InChI is InChI=1S/C21H33N5O3/c1-14(26(16-4-5-16)21(28)19-12-24-9-10-29-19)20(23)17-6-3-15(13-27)11-18(17)25-8-2-7-22/h3,6,11,14,16,19,23-25,27H,2,4-5,7-10,12-13,22H2,1H3/t14-,19-/m1/s1. The molecule has 1 saturated heterocycles. The second kappa shape index (κ2) is 10.2. The Hall–Kier alpha value is -2.00. The highest BCUT2D eigenvalue weighted by Gasteiger charge is 2.41. The molecule has 160 valence electrons. The van der Waals surface area contributed by atoms with Gasteiger partial charge in [0.1, 0.15) is 6.10 Å². The maximum atomic E-state index is 13.2. The molecule has 0 spiro atoms. The Morgan fingerprint density at radius 1 is 1.48 bits per heavy atom. The monoisotopic (exact) mass is 403 g/mol. The minimum absolute atomic E-state index is 0.0402. The molecule has 0 unspecified atom stereocenters. The second-order valence-corrected chi connectivity index (χ2v) is 7.74. The highest BCUT2D eigenvalue weighted by molar-refractivity contribution is 6.07. The van der Waals surface area contributed by atoms with Crippen LogP contribution in [0.15, 0.2) is 18.2 Å². The minimum Gasteiger partial charge on any atom is -0.392 e. The van der Waals surface area contributed by atoms with Crippen LogP contribution in [0.25, 0.3) is 0 Å². The number of rotatable bonds is 10. The molecule has 3 rings (SSSR count). The number of carbonyl (C=O) groups excluding carboxylic acids is 1. The van der Waals surface area contributed by atoms with Crippen molar-refractivity contribution in [3.63, 3.8) is 0 Å². The van der Waals surface area contributed by atoms with Gasteiger partial charge >= 0.3 is 0 Å². The number of nitrogens with one attached hydrogen (secondary N) is 3. The van der Waals surface area contributed by atoms with Crippen molar-refractivity contribution >= 4 is 17.3 Å². The van der Waals surface area contributed by atoms with Gasteiger partial charge in [0, 0.05) is 36.9 Å². The van der Waals surface area contributed by atoms with Crippen molar-refractivity contribution in [1.29, 1.82) is 5.41 Å². The maximum absolute atomic E-state index is 13.2. The summed E-state index contributed by atoms with van der Waals surface area (Å²) in [6.45, 7) is 4.92. The summed E-state index contributed by atoms with van der Waals surface area (Å²) in [6.07, 6.45) is 2.26. The molecule has 1 aromatic carbocycles. The van der Waals surface area contributed by atoms with Crippen LogP contribution in [-0.2, 0) is 16.1 Å². The van der Waals surface area contributed by atoms with E-state index >= 15 is 0 Å². The number of aliphatic hydroxyl groups excluding tert-OH is 1. The van der Waals surface area contributed by atoms with Gasteiger partial charge in [-0.25, -0.2) is 0 Å². The van der Waals surface area contributed by atoms with Gasteiger partial charge < -0.3 is 36.5 Å². The molecular weight excluding hydrogens is 370 g/mol. The van der Waals surface area contributed by atoms with Gasteiger partial charge in [-0.3, -0.25) is 4.79 Å². The number of aliphatic hydroxyl groups is 1. The molecule has 1 aliphatic heterocycles. The summed E-state index contributed by atoms with van der Waals surface area (Å²) in [4.78, 5) is 15.0. The summed E-state index contributed by atoms with van der Waals surface area (Å²) in [5, 5.41) is 24.9. The number of carbonyl (C=O) groups is 1. The van der Waals surface area contributed by atoms with Crippen molar-refractivity contribution in [3.8, 4) is 0 Å². The van der Waals surface area contributed by atoms with Gasteiger partial charge in [0.05, 0.1) is 25.0 Å². The lowest BCUT2D eigenvalue weighted by Gasteiger charge is -2.34. The van der Waals surface area contributed by atoms with Crippen LogP contribution >= 0.6 is 0 Å². The molecule has 8 nitrogen and oxygen atoms in total. The van der Waals surface area contributed by atoms with Crippen molar-refractivity contribution in [3.05, 3.63) is 29.3 Å². The number of anilines is 1. The van der Waals surface area contributed by atoms with E-state index in [1.165, 1.54) is 0 Å². The molecule has 0 aromatic heterocycles. The highest BCUT2D eigenvalue weighted by atomic mass is 16.5. The Morgan fingerprint density at radius 3 is 2.90 bits per heavy atom. The van der Waals surface area contributed by atoms with E-state index < -0.39 is 6.10 Å². The zero-order valence-electron chi connectivity index (χ0n) is 17.1. The van der Waals surface area contributed by atoms with Crippen LogP contribution < -0.4 is 16.4 Å². The van der Waals surface area contributed by atoms with Gasteiger partial charge in [-0.2, -0.15) is 0 Å². The predicted octanol–water partition coefficient (Wildman–Crippen LogP) is 0.675. The fraction of sp³-hybridized carbons (Fsp3) is 0.619. The van der Waals surface area contributed by atoms with E-state index in [1.54, 1.807) is 0 Å². The van der Waals surface area contributed by atoms with E-state index in [1.807, 2.05) is 30.0 Å². The SMILES string of the molecule is C[C@H](C(=N)c1ccc(CO)cc1NCCCN)N(C(=O)[C@H]1CNCCO1)C1CC1. The van der Waals surface area contributed by atoms with Gasteiger partial charge in [-0.1, -0.05) is 12.1 Å². The average Bonchev–Trinajstić information content (AvgIpc) is 3.59. The van der Waals surface area contributed by atoms with Gasteiger partial charge in [0.15, 0.2) is 0 Å². The number of nitrogens with two attached hydrogens (primary N) is 1. The first-order valence-electron chi connectivity index (χ1n) is 10.5. The normalized spacial score (nSPS) is 20.2. The van der Waals surface area contributed by atoms with Crippen LogP contribution in [0.5, 0.6) is 0 Å². The quantitative estimate of drug-likeness (QED) is 0.289. The molecule has 0 radical (unpaired) electrons. The van der Waals surface area contributed by atoms with Crippen molar-refractivity contribution in [2.24, 2.45) is 5.73 Å². The Bertz CT molecular complexity index is 716. The van der Waals surface area contributed by atoms with E-state index in [4.69, 9.17) is 15.9 Å². The largest absolute Gasteiger partial charge is 0.392 e. The van der Waals surface area contributed by atoms with Crippen molar-refractivity contribution in [2.45, 2.75) is 51.0 Å². The van der Waals surface area contributed by atoms with E-state index in [9.17, 15) is 9.90 Å². The van der Waals surface area contributed by atoms with Gasteiger partial charge in [0.25, 0.3) is 5.91 Å². The molecule has 1 saturated carbocycles. The predicted molar refractivity (Wildman–Crippen MR) is 113 cm³/mol. The van der Waals surface area contributed by atoms with Crippen molar-refractivity contribution in [1.82, 2.24) is 10.2 Å². The topological polar surface area (TPSA) is 124 Å². The minimum atomic E-state index is -0.487. The molecule has 1 aliphatic carbocycles. The number of benzene rings is 1. The molecule has 1 heterocycles. The smallest absolute Gasteiger partial charge is 0.253 e. The van der Waals surface area contributed by atoms with Gasteiger partial charge in [-0.15, -0.1) is 0 Å². The number of ether oxygens (including phenoxy) is 1. The molecule has 2 fully saturated rings. The molecular formula is C21H33N5O3. The van der Waals surface area contributed by atoms with Crippen LogP contribution in [0.3, 0.4) is 0 Å². The lowest BCUT2D eigenvalue weighted by Crippen LogP contribution is -2.54. The Kier molecular flexibility index (Phi) is 7.60. The van der Waals surface area contributed by atoms with E-state index in [0.717, 1.165) is 42.6 Å². The Balaban J connectivity index is 1.80. The summed E-state index contributed by atoms with van der Waals surface area (Å²) in [6, 6.07) is 5.35. The fourth-order valence-corrected chi connectivity index (χ4v) is 3.69. The summed E-state index contributed by atoms with van der Waals surface area (Å²) in [5.41, 5.74) is 8.29. The highest BCUT2D eigenvalue weighted by Crippen LogP contribution is 2.32. The van der Waals surface area contributed by atoms with Gasteiger partial charge in [-0.05, 0) is 44.4 Å². The molecule has 1 aromatic rings. The van der Waals surface area contributed by atoms with E-state index in [0.29, 0.717) is 32.0 Å². The summed E-state index contributed by atoms with van der Waals surface area (Å²) < 4.78 is 5.68. The second-order valence-electron chi connectivity index (χ2n) is 7.74. The average molecular weight is 404 g/mol. The third-order valence-corrected chi connectivity index (χ3v) is 5.49. The van der Waals surface area contributed by atoms with Crippen LogP contribution in [0.4, 0.5) is 5.69 Å². The summed E-state index contributed by atoms with van der Waals surface area (Å²) in [7, 11) is 0. The van der Waals surface area contributed by atoms with E-state index in [-0.39, 0.29) is 24.6 Å². The van der Waals surface area contributed by atoms with Crippen LogP contribution in [0, 0.1) is 5.41 Å². The molecule has 2 atom stereocenters. The zero-order valence-corrected chi connectivity index (χ0v) is 17.1. The summed E-state index contributed by atoms with van der Waals surface area (Å²) >= 11 is 0. The molecule has 1 amide bonds. The number of hydrogen-bond donors (Lipinski definition) is 5. The molecule has 0 bridgehead atoms. The van der Waals surface area contributed by atoms with Crippen LogP contribution in [-0.4, -0.2) is 72.6 Å². The number of hydrogen-bond acceptors (Lipinski definition) is 7. The number of amides is 1. The first kappa shape index (κ1) is 21.7. The Morgan fingerprint density at radius 2 is 2.28 bits per heavy atom. The molecule has 6 N–H and O–H groups in total. The van der Waals surface area contributed by atoms with Crippen molar-refractivity contribution in [2.75, 3.05) is 38.1 Å². The molecule has 8 heteroatoms. The number of morpholine rings is 1. The molecule has 29 heavy (non-hydrogen) atoms. The van der Waals surface area contributed by atoms with Crippen molar-refractivity contribution < 1.29 is 14.6 Å². The zero-order chi connectivity index (χ0) is 20.8. The number of nitrogens with zero attached hydrogens (tertiary/aromatic N) is 1. The lowest BCUT2D eigenvalue weighted by molar-refractivity contribution is -0.146. The third-order valence-electron chi connectivity index (χ3n) is 5.49. The Labute approximate surface area is 172 Å². The third kappa shape index (κ3) is 5.33. The van der Waals surface area contributed by atoms with E-state index in [2.05, 4.69) is 10.6 Å². The fourth-order valence-electron chi connectivity index (χ4n) is 3.69. The molecule has 2 aliphatic rings. The van der Waals surface area contributed by atoms with Crippen LogP contribution in [0.2, 0.25) is 0 Å². The first-order chi connectivity index (χ1) is 14.1. The summed E-state index contributed by atoms with van der Waals surface area (Å²) in [5.74, 6) is -0.0402. The lowest BCUT2D eigenvalue weighted by atomic mass is 9.98. The maximum Gasteiger partial charge on any atom is 0.253 e.